The second kappa shape index (κ2) is 3.80. The van der Waals surface area contributed by atoms with Gasteiger partial charge in [-0.3, -0.25) is 10.8 Å². The Morgan fingerprint density at radius 3 is 3.07 bits per heavy atom. The molecular weight excluding hydrogens is 190 g/mol. The molecule has 0 saturated heterocycles. The predicted octanol–water partition coefficient (Wildman–Crippen LogP) is 0.810. The Morgan fingerprint density at radius 1 is 1.60 bits per heavy atom. The third kappa shape index (κ3) is 1.62. The van der Waals surface area contributed by atoms with Crippen LogP contribution < -0.4 is 11.3 Å². The van der Waals surface area contributed by atoms with E-state index in [1.54, 1.807) is 29.3 Å². The van der Waals surface area contributed by atoms with Gasteiger partial charge in [-0.05, 0) is 6.92 Å². The Kier molecular flexibility index (Phi) is 2.49. The van der Waals surface area contributed by atoms with E-state index >= 15 is 0 Å². The molecule has 2 rings (SSSR count). The summed E-state index contributed by atoms with van der Waals surface area (Å²) in [6.07, 6.45) is 7.02. The van der Waals surface area contributed by atoms with Gasteiger partial charge >= 0.3 is 0 Å². The molecule has 0 saturated carbocycles. The number of fused-ring (bicyclic) bond motifs is 1. The molecule has 2 aromatic heterocycles. The lowest BCUT2D eigenvalue weighted by atomic mass is 10.0. The molecule has 0 aliphatic heterocycles. The lowest BCUT2D eigenvalue weighted by molar-refractivity contribution is 0.631. The summed E-state index contributed by atoms with van der Waals surface area (Å²) in [6, 6.07) is -0.0910. The van der Waals surface area contributed by atoms with Crippen LogP contribution in [0, 0.1) is 0 Å². The minimum Gasteiger partial charge on any atom is -0.271 e. The van der Waals surface area contributed by atoms with Crippen molar-refractivity contribution in [3.8, 4) is 0 Å². The summed E-state index contributed by atoms with van der Waals surface area (Å²) in [4.78, 5) is 4.06. The highest BCUT2D eigenvalue weighted by atomic mass is 15.3. The SMILES string of the molecule is C=C(C)C(NN)c1cnn2ccncc12. The highest BCUT2D eigenvalue weighted by molar-refractivity contribution is 5.54. The first-order valence-corrected chi connectivity index (χ1v) is 4.63. The molecule has 0 aliphatic carbocycles. The van der Waals surface area contributed by atoms with Crippen LogP contribution in [0.5, 0.6) is 0 Å². The zero-order valence-electron chi connectivity index (χ0n) is 8.51. The summed E-state index contributed by atoms with van der Waals surface area (Å²) in [5.74, 6) is 5.49. The van der Waals surface area contributed by atoms with Gasteiger partial charge in [0.15, 0.2) is 0 Å². The van der Waals surface area contributed by atoms with Crippen molar-refractivity contribution < 1.29 is 0 Å². The van der Waals surface area contributed by atoms with E-state index in [-0.39, 0.29) is 6.04 Å². The summed E-state index contributed by atoms with van der Waals surface area (Å²) in [7, 11) is 0. The number of rotatable bonds is 3. The topological polar surface area (TPSA) is 68.2 Å². The molecule has 3 N–H and O–H groups in total. The normalized spacial score (nSPS) is 12.9. The van der Waals surface area contributed by atoms with E-state index in [9.17, 15) is 0 Å². The summed E-state index contributed by atoms with van der Waals surface area (Å²) >= 11 is 0. The minimum atomic E-state index is -0.0910. The van der Waals surface area contributed by atoms with E-state index in [0.29, 0.717) is 0 Å². The van der Waals surface area contributed by atoms with E-state index in [4.69, 9.17) is 5.84 Å². The molecule has 5 nitrogen and oxygen atoms in total. The second-order valence-corrected chi connectivity index (χ2v) is 3.45. The standard InChI is InChI=1S/C10H13N5/c1-7(2)10(14-11)8-5-13-15-4-3-12-6-9(8)15/h3-6,10,14H,1,11H2,2H3. The van der Waals surface area contributed by atoms with Crippen LogP contribution in [0.2, 0.25) is 0 Å². The van der Waals surface area contributed by atoms with Crippen molar-refractivity contribution in [2.75, 3.05) is 0 Å². The first-order valence-electron chi connectivity index (χ1n) is 4.63. The smallest absolute Gasteiger partial charge is 0.0896 e. The maximum Gasteiger partial charge on any atom is 0.0896 e. The molecule has 0 spiro atoms. The highest BCUT2D eigenvalue weighted by Crippen LogP contribution is 2.22. The molecule has 0 amide bonds. The van der Waals surface area contributed by atoms with Gasteiger partial charge in [-0.2, -0.15) is 5.10 Å². The number of hydrogen-bond acceptors (Lipinski definition) is 4. The zero-order valence-corrected chi connectivity index (χ0v) is 8.51. The van der Waals surface area contributed by atoms with E-state index < -0.39 is 0 Å². The Bertz CT molecular complexity index is 487. The molecule has 0 bridgehead atoms. The van der Waals surface area contributed by atoms with Crippen molar-refractivity contribution in [2.24, 2.45) is 5.84 Å². The monoisotopic (exact) mass is 203 g/mol. The molecule has 1 unspecified atom stereocenters. The Balaban J connectivity index is 2.55. The van der Waals surface area contributed by atoms with Crippen LogP contribution in [0.1, 0.15) is 18.5 Å². The number of nitrogens with zero attached hydrogens (tertiary/aromatic N) is 3. The quantitative estimate of drug-likeness (QED) is 0.440. The number of nitrogens with two attached hydrogens (primary N) is 1. The van der Waals surface area contributed by atoms with Crippen molar-refractivity contribution in [1.29, 1.82) is 0 Å². The number of nitrogens with one attached hydrogen (secondary N) is 1. The van der Waals surface area contributed by atoms with E-state index in [1.165, 1.54) is 0 Å². The average Bonchev–Trinajstić information content (AvgIpc) is 2.63. The lowest BCUT2D eigenvalue weighted by Crippen LogP contribution is -2.28. The molecule has 0 fully saturated rings. The van der Waals surface area contributed by atoms with Crippen LogP contribution in [-0.2, 0) is 0 Å². The first kappa shape index (κ1) is 9.82. The van der Waals surface area contributed by atoms with E-state index in [2.05, 4.69) is 22.1 Å². The molecule has 2 aromatic rings. The van der Waals surface area contributed by atoms with Crippen molar-refractivity contribution in [3.05, 3.63) is 42.5 Å². The van der Waals surface area contributed by atoms with Gasteiger partial charge in [-0.15, -0.1) is 0 Å². The van der Waals surface area contributed by atoms with Gasteiger partial charge in [0.1, 0.15) is 0 Å². The Hall–Kier alpha value is -1.72. The van der Waals surface area contributed by atoms with Crippen molar-refractivity contribution in [3.63, 3.8) is 0 Å². The third-order valence-electron chi connectivity index (χ3n) is 2.33. The molecule has 1 atom stereocenters. The predicted molar refractivity (Wildman–Crippen MR) is 57.9 cm³/mol. The largest absolute Gasteiger partial charge is 0.271 e. The van der Waals surface area contributed by atoms with Gasteiger partial charge in [0.25, 0.3) is 0 Å². The third-order valence-corrected chi connectivity index (χ3v) is 2.33. The fraction of sp³-hybridized carbons (Fsp3) is 0.200. The number of aromatic nitrogens is 3. The molecule has 5 heteroatoms. The summed E-state index contributed by atoms with van der Waals surface area (Å²) in [5.41, 5.74) is 5.57. The van der Waals surface area contributed by atoms with Crippen LogP contribution in [0.15, 0.2) is 36.9 Å². The first-order chi connectivity index (χ1) is 7.24. The van der Waals surface area contributed by atoms with Gasteiger partial charge < -0.3 is 0 Å². The second-order valence-electron chi connectivity index (χ2n) is 3.45. The molecule has 2 heterocycles. The fourth-order valence-corrected chi connectivity index (χ4v) is 1.57. The van der Waals surface area contributed by atoms with Crippen LogP contribution >= 0.6 is 0 Å². The Morgan fingerprint density at radius 2 is 2.40 bits per heavy atom. The summed E-state index contributed by atoms with van der Waals surface area (Å²) in [6.45, 7) is 5.81. The summed E-state index contributed by atoms with van der Waals surface area (Å²) < 4.78 is 1.76. The van der Waals surface area contributed by atoms with Crippen molar-refractivity contribution in [2.45, 2.75) is 13.0 Å². The molecule has 0 aliphatic rings. The molecule has 15 heavy (non-hydrogen) atoms. The number of hydrazine groups is 1. The van der Waals surface area contributed by atoms with Gasteiger partial charge in [0, 0.05) is 18.0 Å². The molecule has 78 valence electrons. The van der Waals surface area contributed by atoms with Crippen LogP contribution in [0.25, 0.3) is 5.52 Å². The van der Waals surface area contributed by atoms with Crippen LogP contribution in [0.4, 0.5) is 0 Å². The Labute approximate surface area is 87.6 Å². The maximum absolute atomic E-state index is 5.49. The highest BCUT2D eigenvalue weighted by Gasteiger charge is 2.15. The van der Waals surface area contributed by atoms with Crippen LogP contribution in [-0.4, -0.2) is 14.6 Å². The fourth-order valence-electron chi connectivity index (χ4n) is 1.57. The van der Waals surface area contributed by atoms with E-state index in [1.807, 2.05) is 6.92 Å². The molecule has 0 aromatic carbocycles. The minimum absolute atomic E-state index is 0.0910. The zero-order chi connectivity index (χ0) is 10.8. The van der Waals surface area contributed by atoms with E-state index in [0.717, 1.165) is 16.7 Å². The maximum atomic E-state index is 5.49. The van der Waals surface area contributed by atoms with Gasteiger partial charge in [0.05, 0.1) is 24.0 Å². The lowest BCUT2D eigenvalue weighted by Gasteiger charge is -2.14. The van der Waals surface area contributed by atoms with Gasteiger partial charge in [0.2, 0.25) is 0 Å². The van der Waals surface area contributed by atoms with Gasteiger partial charge in [-0.1, -0.05) is 12.2 Å². The molecular formula is C10H13N5. The molecule has 0 radical (unpaired) electrons. The van der Waals surface area contributed by atoms with Gasteiger partial charge in [-0.25, -0.2) is 9.94 Å². The average molecular weight is 203 g/mol. The van der Waals surface area contributed by atoms with Crippen molar-refractivity contribution in [1.82, 2.24) is 20.0 Å². The van der Waals surface area contributed by atoms with Crippen LogP contribution in [0.3, 0.4) is 0 Å². The summed E-state index contributed by atoms with van der Waals surface area (Å²) in [5, 5.41) is 4.21. The number of hydrogen-bond donors (Lipinski definition) is 2. The van der Waals surface area contributed by atoms with Crippen molar-refractivity contribution >= 4 is 5.52 Å².